The number of rotatable bonds is 5. The van der Waals surface area contributed by atoms with Crippen molar-refractivity contribution in [3.05, 3.63) is 60.2 Å². The first-order chi connectivity index (χ1) is 15.3. The molecule has 0 radical (unpaired) electrons. The Morgan fingerprint density at radius 3 is 1.44 bits per heavy atom. The van der Waals surface area contributed by atoms with Crippen LogP contribution in [0.1, 0.15) is 11.6 Å². The van der Waals surface area contributed by atoms with Crippen molar-refractivity contribution in [1.82, 2.24) is 29.5 Å². The lowest BCUT2D eigenvalue weighted by Gasteiger charge is -2.08. The van der Waals surface area contributed by atoms with E-state index in [9.17, 15) is 0 Å². The molecule has 0 aliphatic heterocycles. The zero-order valence-corrected chi connectivity index (χ0v) is 20.4. The third-order valence-corrected chi connectivity index (χ3v) is 7.26. The van der Waals surface area contributed by atoms with E-state index in [0.717, 1.165) is 20.9 Å². The van der Waals surface area contributed by atoms with Gasteiger partial charge in [0, 0.05) is 20.9 Å². The lowest BCUT2D eigenvalue weighted by atomic mass is 10.2. The van der Waals surface area contributed by atoms with Crippen LogP contribution in [0, 0.1) is 13.8 Å². The molecule has 2 aromatic carbocycles. The molecule has 8 nitrogen and oxygen atoms in total. The summed E-state index contributed by atoms with van der Waals surface area (Å²) in [6.45, 7) is 3.63. The fraction of sp³-hybridized carbons (Fsp3) is 0.100. The topological polar surface area (TPSA) is 113 Å². The molecule has 0 unspecified atom stereocenters. The molecule has 0 aliphatic rings. The molecule has 32 heavy (non-hydrogen) atoms. The minimum Gasteiger partial charge on any atom is -0.374 e. The number of nitrogens with zero attached hydrogens (tertiary/aromatic N) is 6. The van der Waals surface area contributed by atoms with Gasteiger partial charge in [-0.1, -0.05) is 45.9 Å². The van der Waals surface area contributed by atoms with Gasteiger partial charge in [-0.05, 0) is 62.5 Å². The van der Waals surface area contributed by atoms with E-state index in [0.29, 0.717) is 23.3 Å². The quantitative estimate of drug-likeness (QED) is 0.311. The summed E-state index contributed by atoms with van der Waals surface area (Å²) in [5.41, 5.74) is 13.3. The molecule has 4 aromatic rings. The predicted molar refractivity (Wildman–Crippen MR) is 136 cm³/mol. The number of hydrogen-bond donors (Lipinski definition) is 2. The molecule has 0 saturated heterocycles. The molecular weight excluding hydrogens is 481 g/mol. The van der Waals surface area contributed by atoms with E-state index in [2.05, 4.69) is 20.2 Å². The van der Waals surface area contributed by atoms with Crippen molar-refractivity contribution in [2.45, 2.75) is 23.6 Å². The monoisotopic (exact) mass is 498 g/mol. The van der Waals surface area contributed by atoms with Gasteiger partial charge in [-0.15, -0.1) is 10.2 Å². The standard InChI is InChI=1S/C20H18N8S4/c1-11-23-17(25-27(11)19(21)29)13-7-3-5-9-15(13)31-32-16-10-6-4-8-14(16)18-24-12(2)28(26-18)20(22)30/h3-10H,1-2H3,(H2,21,29)(H2,22,30). The lowest BCUT2D eigenvalue weighted by molar-refractivity contribution is 0.897. The third kappa shape index (κ3) is 4.53. The Hall–Kier alpha value is -2.80. The molecule has 4 rings (SSSR count). The summed E-state index contributed by atoms with van der Waals surface area (Å²) in [4.78, 5) is 11.1. The Morgan fingerprint density at radius 1 is 0.719 bits per heavy atom. The highest BCUT2D eigenvalue weighted by atomic mass is 33.1. The molecule has 2 heterocycles. The van der Waals surface area contributed by atoms with E-state index in [4.69, 9.17) is 35.9 Å². The van der Waals surface area contributed by atoms with Gasteiger partial charge in [0.2, 0.25) is 0 Å². The largest absolute Gasteiger partial charge is 0.374 e. The second-order valence-electron chi connectivity index (χ2n) is 6.62. The summed E-state index contributed by atoms with van der Waals surface area (Å²) in [6.07, 6.45) is 0. The summed E-state index contributed by atoms with van der Waals surface area (Å²) in [5.74, 6) is 2.42. The predicted octanol–water partition coefficient (Wildman–Crippen LogP) is 3.80. The maximum absolute atomic E-state index is 5.73. The van der Waals surface area contributed by atoms with Crippen molar-refractivity contribution in [2.24, 2.45) is 11.5 Å². The van der Waals surface area contributed by atoms with Gasteiger partial charge in [0.05, 0.1) is 0 Å². The second-order valence-corrected chi connectivity index (χ2v) is 9.67. The minimum absolute atomic E-state index is 0.161. The van der Waals surface area contributed by atoms with Crippen LogP contribution in [0.4, 0.5) is 0 Å². The maximum atomic E-state index is 5.73. The second kappa shape index (κ2) is 9.36. The van der Waals surface area contributed by atoms with Crippen LogP contribution in [0.5, 0.6) is 0 Å². The van der Waals surface area contributed by atoms with Crippen molar-refractivity contribution >= 4 is 56.2 Å². The van der Waals surface area contributed by atoms with Crippen molar-refractivity contribution in [3.8, 4) is 22.8 Å². The molecule has 12 heteroatoms. The van der Waals surface area contributed by atoms with Gasteiger partial charge >= 0.3 is 0 Å². The van der Waals surface area contributed by atoms with Gasteiger partial charge in [0.25, 0.3) is 0 Å². The molecule has 2 aromatic heterocycles. The smallest absolute Gasteiger partial charge is 0.193 e. The van der Waals surface area contributed by atoms with Crippen LogP contribution in [0.15, 0.2) is 58.3 Å². The molecule has 0 amide bonds. The number of thiocarbonyl (C=S) groups is 2. The van der Waals surface area contributed by atoms with Crippen LogP contribution in [0.3, 0.4) is 0 Å². The molecule has 0 aliphatic carbocycles. The highest BCUT2D eigenvalue weighted by Gasteiger charge is 2.17. The fourth-order valence-corrected chi connectivity index (χ4v) is 5.67. The van der Waals surface area contributed by atoms with Crippen molar-refractivity contribution in [1.29, 1.82) is 0 Å². The Kier molecular flexibility index (Phi) is 6.55. The number of aromatic nitrogens is 6. The normalized spacial score (nSPS) is 10.9. The molecule has 0 atom stereocenters. The van der Waals surface area contributed by atoms with E-state index in [1.54, 1.807) is 21.6 Å². The van der Waals surface area contributed by atoms with Crippen LogP contribution in [0.2, 0.25) is 0 Å². The maximum Gasteiger partial charge on any atom is 0.193 e. The highest BCUT2D eigenvalue weighted by Crippen LogP contribution is 2.44. The molecule has 0 saturated carbocycles. The molecule has 0 fully saturated rings. The van der Waals surface area contributed by atoms with Crippen molar-refractivity contribution in [3.63, 3.8) is 0 Å². The SMILES string of the molecule is Cc1nc(-c2ccccc2SSc2ccccc2-c2nc(C)n(C(N)=S)n2)nn1C(N)=S. The molecule has 0 bridgehead atoms. The summed E-state index contributed by atoms with van der Waals surface area (Å²) in [5, 5.41) is 9.24. The lowest BCUT2D eigenvalue weighted by Crippen LogP contribution is -2.21. The van der Waals surface area contributed by atoms with Gasteiger partial charge in [-0.25, -0.2) is 9.97 Å². The number of nitrogens with two attached hydrogens (primary N) is 2. The van der Waals surface area contributed by atoms with E-state index in [-0.39, 0.29) is 10.2 Å². The van der Waals surface area contributed by atoms with Gasteiger partial charge < -0.3 is 11.5 Å². The minimum atomic E-state index is 0.161. The summed E-state index contributed by atoms with van der Waals surface area (Å²) in [6, 6.07) is 15.8. The van der Waals surface area contributed by atoms with Crippen molar-refractivity contribution < 1.29 is 0 Å². The van der Waals surface area contributed by atoms with Gasteiger partial charge in [-0.3, -0.25) is 0 Å². The molecule has 0 spiro atoms. The highest BCUT2D eigenvalue weighted by molar-refractivity contribution is 8.76. The zero-order chi connectivity index (χ0) is 22.8. The van der Waals surface area contributed by atoms with Crippen LogP contribution < -0.4 is 11.5 Å². The van der Waals surface area contributed by atoms with E-state index >= 15 is 0 Å². The third-order valence-electron chi connectivity index (χ3n) is 4.43. The van der Waals surface area contributed by atoms with Crippen LogP contribution in [-0.4, -0.2) is 39.8 Å². The summed E-state index contributed by atoms with van der Waals surface area (Å²) < 4.78 is 2.92. The number of hydrogen-bond acceptors (Lipinski definition) is 8. The van der Waals surface area contributed by atoms with E-state index in [1.807, 2.05) is 62.4 Å². The fourth-order valence-electron chi connectivity index (χ4n) is 2.96. The Bertz CT molecular complexity index is 1230. The summed E-state index contributed by atoms with van der Waals surface area (Å²) >= 11 is 10.1. The van der Waals surface area contributed by atoms with Crippen LogP contribution >= 0.6 is 46.0 Å². The number of aryl methyl sites for hydroxylation is 2. The van der Waals surface area contributed by atoms with Gasteiger partial charge in [0.1, 0.15) is 11.6 Å². The molecular formula is C20H18N8S4. The average molecular weight is 499 g/mol. The Labute approximate surface area is 203 Å². The summed E-state index contributed by atoms with van der Waals surface area (Å²) in [7, 11) is 3.19. The van der Waals surface area contributed by atoms with Gasteiger partial charge in [-0.2, -0.15) is 9.36 Å². The van der Waals surface area contributed by atoms with Crippen LogP contribution in [-0.2, 0) is 0 Å². The van der Waals surface area contributed by atoms with E-state index < -0.39 is 0 Å². The van der Waals surface area contributed by atoms with Crippen LogP contribution in [0.25, 0.3) is 22.8 Å². The molecule has 4 N–H and O–H groups in total. The van der Waals surface area contributed by atoms with Crippen molar-refractivity contribution in [2.75, 3.05) is 0 Å². The first-order valence-electron chi connectivity index (χ1n) is 9.35. The van der Waals surface area contributed by atoms with Gasteiger partial charge in [0.15, 0.2) is 21.9 Å². The average Bonchev–Trinajstić information content (AvgIpc) is 3.35. The first-order valence-corrected chi connectivity index (χ1v) is 12.3. The zero-order valence-electron chi connectivity index (χ0n) is 17.1. The Morgan fingerprint density at radius 2 is 1.09 bits per heavy atom. The Balaban J connectivity index is 1.64. The number of benzene rings is 2. The first kappa shape index (κ1) is 22.4. The molecule has 162 valence electrons. The van der Waals surface area contributed by atoms with E-state index in [1.165, 1.54) is 9.36 Å².